The molecule has 2 heteroatoms. The molecule has 0 heterocycles. The Morgan fingerprint density at radius 1 is 1.62 bits per heavy atom. The summed E-state index contributed by atoms with van der Waals surface area (Å²) in [4.78, 5) is 10.4. The van der Waals surface area contributed by atoms with Crippen molar-refractivity contribution in [1.29, 1.82) is 0 Å². The van der Waals surface area contributed by atoms with E-state index in [1.165, 1.54) is 6.42 Å². The molecular formula is C6H9OW-. The third-order valence-corrected chi connectivity index (χ3v) is 0.683. The monoisotopic (exact) mass is 281 g/mol. The zero-order valence-electron chi connectivity index (χ0n) is 5.10. The van der Waals surface area contributed by atoms with Crippen LogP contribution in [0.1, 0.15) is 13.8 Å². The van der Waals surface area contributed by atoms with Gasteiger partial charge in [0.05, 0.1) is 0 Å². The SMILES string of the molecule is C=C(C)C(=O)[CH-]C.[W]. The number of Topliss-reactive ketones (excluding diaryl/α,β-unsaturated/α-hetero) is 1. The predicted molar refractivity (Wildman–Crippen MR) is 29.8 cm³/mol. The Kier molecular flexibility index (Phi) is 6.94. The Labute approximate surface area is 64.4 Å². The number of allylic oxidation sites excluding steroid dienone is 1. The average molecular weight is 281 g/mol. The smallest absolute Gasteiger partial charge is 0.0197 e. The molecule has 8 heavy (non-hydrogen) atoms. The molecule has 0 amide bonds. The molecule has 0 bridgehead atoms. The van der Waals surface area contributed by atoms with Gasteiger partial charge >= 0.3 is 0 Å². The van der Waals surface area contributed by atoms with Crippen LogP contribution in [-0.4, -0.2) is 5.78 Å². The van der Waals surface area contributed by atoms with Gasteiger partial charge in [0, 0.05) is 26.8 Å². The summed E-state index contributed by atoms with van der Waals surface area (Å²) in [5.41, 5.74) is 0.600. The van der Waals surface area contributed by atoms with Gasteiger partial charge in [0.2, 0.25) is 0 Å². The maximum Gasteiger partial charge on any atom is 0.0197 e. The summed E-state index contributed by atoms with van der Waals surface area (Å²) in [6, 6.07) is 0. The Hall–Kier alpha value is -0.0317. The number of hydrogen-bond donors (Lipinski definition) is 0. The van der Waals surface area contributed by atoms with E-state index in [0.29, 0.717) is 5.57 Å². The molecule has 0 aliphatic rings. The Morgan fingerprint density at radius 2 is 2.00 bits per heavy atom. The van der Waals surface area contributed by atoms with Gasteiger partial charge < -0.3 is 4.79 Å². The van der Waals surface area contributed by atoms with Gasteiger partial charge in [-0.2, -0.15) is 18.6 Å². The molecule has 0 fully saturated rings. The number of hydrogen-bond acceptors (Lipinski definition) is 1. The normalized spacial score (nSPS) is 6.75. The van der Waals surface area contributed by atoms with Crippen molar-refractivity contribution in [2.75, 3.05) is 0 Å². The summed E-state index contributed by atoms with van der Waals surface area (Å²) in [5, 5.41) is 0. The van der Waals surface area contributed by atoms with E-state index in [0.717, 1.165) is 0 Å². The second kappa shape index (κ2) is 5.11. The summed E-state index contributed by atoms with van der Waals surface area (Å²) in [6.07, 6.45) is 1.50. The van der Waals surface area contributed by atoms with E-state index in [1.807, 2.05) is 0 Å². The molecule has 0 unspecified atom stereocenters. The van der Waals surface area contributed by atoms with E-state index in [1.54, 1.807) is 13.8 Å². The molecule has 0 atom stereocenters. The molecule has 0 aromatic rings. The molecule has 0 aliphatic carbocycles. The van der Waals surface area contributed by atoms with Gasteiger partial charge in [0.1, 0.15) is 0 Å². The van der Waals surface area contributed by atoms with Crippen LogP contribution in [0.2, 0.25) is 0 Å². The van der Waals surface area contributed by atoms with Crippen molar-refractivity contribution in [2.24, 2.45) is 0 Å². The zero-order valence-corrected chi connectivity index (χ0v) is 8.03. The number of rotatable bonds is 2. The van der Waals surface area contributed by atoms with Crippen LogP contribution in [0.15, 0.2) is 12.2 Å². The van der Waals surface area contributed by atoms with Crippen molar-refractivity contribution in [2.45, 2.75) is 13.8 Å². The van der Waals surface area contributed by atoms with Gasteiger partial charge in [0.25, 0.3) is 0 Å². The molecule has 0 radical (unpaired) electrons. The number of ketones is 1. The van der Waals surface area contributed by atoms with Crippen LogP contribution in [0.25, 0.3) is 0 Å². The molecule has 0 aromatic heterocycles. The van der Waals surface area contributed by atoms with Crippen molar-refractivity contribution in [1.82, 2.24) is 0 Å². The molecule has 0 saturated heterocycles. The number of carbonyl (C=O) groups excluding carboxylic acids is 1. The van der Waals surface area contributed by atoms with Gasteiger partial charge in [-0.1, -0.05) is 0 Å². The summed E-state index contributed by atoms with van der Waals surface area (Å²) in [5.74, 6) is 0.0278. The summed E-state index contributed by atoms with van der Waals surface area (Å²) >= 11 is 0. The van der Waals surface area contributed by atoms with E-state index in [-0.39, 0.29) is 26.8 Å². The minimum atomic E-state index is 0. The first kappa shape index (κ1) is 10.9. The van der Waals surface area contributed by atoms with Crippen LogP contribution in [0, 0.1) is 6.42 Å². The van der Waals surface area contributed by atoms with Gasteiger partial charge in [0.15, 0.2) is 0 Å². The Morgan fingerprint density at radius 3 is 2.00 bits per heavy atom. The molecular weight excluding hydrogens is 272 g/mol. The van der Waals surface area contributed by atoms with E-state index >= 15 is 0 Å². The summed E-state index contributed by atoms with van der Waals surface area (Å²) in [7, 11) is 0. The van der Waals surface area contributed by atoms with E-state index < -0.39 is 0 Å². The molecule has 0 N–H and O–H groups in total. The minimum Gasteiger partial charge on any atom is -0.332 e. The zero-order chi connectivity index (χ0) is 5.86. The van der Waals surface area contributed by atoms with Crippen LogP contribution in [0.3, 0.4) is 0 Å². The number of carbonyl (C=O) groups is 1. The van der Waals surface area contributed by atoms with Gasteiger partial charge in [-0.05, 0) is 0 Å². The fraction of sp³-hybridized carbons (Fsp3) is 0.333. The fourth-order valence-electron chi connectivity index (χ4n) is 0.246. The van der Waals surface area contributed by atoms with Crippen LogP contribution >= 0.6 is 0 Å². The topological polar surface area (TPSA) is 17.1 Å². The maximum atomic E-state index is 10.4. The van der Waals surface area contributed by atoms with E-state index in [2.05, 4.69) is 6.58 Å². The second-order valence-corrected chi connectivity index (χ2v) is 1.43. The standard InChI is InChI=1S/C6H9O.W/c1-4-6(7)5(2)3;/h4H,2H2,1,3H3;/q-1;. The predicted octanol–water partition coefficient (Wildman–Crippen LogP) is 1.35. The second-order valence-electron chi connectivity index (χ2n) is 1.43. The third-order valence-electron chi connectivity index (χ3n) is 0.683. The molecule has 46 valence electrons. The van der Waals surface area contributed by atoms with Crippen molar-refractivity contribution < 1.29 is 25.9 Å². The van der Waals surface area contributed by atoms with E-state index in [9.17, 15) is 4.79 Å². The van der Waals surface area contributed by atoms with Gasteiger partial charge in [-0.25, -0.2) is 0 Å². The first-order valence-corrected chi connectivity index (χ1v) is 2.17. The van der Waals surface area contributed by atoms with Crippen molar-refractivity contribution in [3.05, 3.63) is 18.6 Å². The Balaban J connectivity index is 0. The van der Waals surface area contributed by atoms with Crippen LogP contribution in [-0.2, 0) is 25.9 Å². The van der Waals surface area contributed by atoms with Crippen molar-refractivity contribution >= 4 is 5.78 Å². The summed E-state index contributed by atoms with van der Waals surface area (Å²) in [6.45, 7) is 6.85. The average Bonchev–Trinajstić information content (AvgIpc) is 1.65. The summed E-state index contributed by atoms with van der Waals surface area (Å²) < 4.78 is 0. The first-order valence-electron chi connectivity index (χ1n) is 2.17. The molecule has 0 saturated carbocycles. The van der Waals surface area contributed by atoms with Crippen molar-refractivity contribution in [3.8, 4) is 0 Å². The molecule has 0 spiro atoms. The molecule has 0 aliphatic heterocycles. The van der Waals surface area contributed by atoms with Crippen LogP contribution in [0.5, 0.6) is 0 Å². The minimum absolute atomic E-state index is 0. The Bertz CT molecular complexity index is 96.7. The van der Waals surface area contributed by atoms with Crippen molar-refractivity contribution in [3.63, 3.8) is 0 Å². The first-order chi connectivity index (χ1) is 3.18. The molecule has 0 rings (SSSR count). The quantitative estimate of drug-likeness (QED) is 0.551. The third kappa shape index (κ3) is 4.14. The van der Waals surface area contributed by atoms with Crippen LogP contribution in [0.4, 0.5) is 0 Å². The van der Waals surface area contributed by atoms with Gasteiger partial charge in [-0.3, -0.25) is 0 Å². The molecule has 1 nitrogen and oxygen atoms in total. The molecule has 0 aromatic carbocycles. The van der Waals surface area contributed by atoms with Gasteiger partial charge in [-0.15, -0.1) is 13.8 Å². The van der Waals surface area contributed by atoms with Crippen LogP contribution < -0.4 is 0 Å². The maximum absolute atomic E-state index is 10.4. The fourth-order valence-corrected chi connectivity index (χ4v) is 0.246. The van der Waals surface area contributed by atoms with E-state index in [4.69, 9.17) is 0 Å². The largest absolute Gasteiger partial charge is 0.332 e.